The molecule has 1 saturated heterocycles. The summed E-state index contributed by atoms with van der Waals surface area (Å²) in [6.45, 7) is 7.51. The molecule has 1 aromatic carbocycles. The molecular weight excluding hydrogens is 310 g/mol. The summed E-state index contributed by atoms with van der Waals surface area (Å²) in [5.74, 6) is 0.315. The van der Waals surface area contributed by atoms with Gasteiger partial charge in [-0.1, -0.05) is 19.9 Å². The van der Waals surface area contributed by atoms with Crippen LogP contribution >= 0.6 is 0 Å². The van der Waals surface area contributed by atoms with Crippen LogP contribution < -0.4 is 5.32 Å². The zero-order chi connectivity index (χ0) is 17.7. The molecule has 1 aliphatic heterocycles. The maximum Gasteiger partial charge on any atom is 0.409 e. The van der Waals surface area contributed by atoms with Crippen LogP contribution in [0.5, 0.6) is 0 Å². The number of rotatable bonds is 5. The topological polar surface area (TPSA) is 84.7 Å². The van der Waals surface area contributed by atoms with Gasteiger partial charge in [0.2, 0.25) is 0 Å². The average molecular weight is 335 g/mol. The minimum atomic E-state index is -0.375. The van der Waals surface area contributed by atoms with Gasteiger partial charge >= 0.3 is 6.09 Å². The highest BCUT2D eigenvalue weighted by Crippen LogP contribution is 2.27. The van der Waals surface area contributed by atoms with Crippen LogP contribution in [0.3, 0.4) is 0 Å². The third-order valence-corrected chi connectivity index (χ3v) is 4.00. The molecule has 0 spiro atoms. The van der Waals surface area contributed by atoms with E-state index in [0.29, 0.717) is 31.3 Å². The Kier molecular flexibility index (Phi) is 6.00. The quantitative estimate of drug-likeness (QED) is 0.657. The van der Waals surface area contributed by atoms with E-state index < -0.39 is 0 Å². The number of benzene rings is 1. The summed E-state index contributed by atoms with van der Waals surface area (Å²) in [5.41, 5.74) is 1.60. The largest absolute Gasteiger partial charge is 0.449 e. The Bertz CT molecular complexity index is 595. The zero-order valence-electron chi connectivity index (χ0n) is 14.4. The number of carbonyl (C=O) groups is 1. The van der Waals surface area contributed by atoms with Crippen LogP contribution in [0.4, 0.5) is 16.2 Å². The SMILES string of the molecule is Cc1ccc([N+](=O)[O-])c(NC2CCN(C(=O)OCC(C)C)CC2)c1. The molecule has 1 heterocycles. The number of hydrogen-bond donors (Lipinski definition) is 1. The maximum atomic E-state index is 11.9. The molecule has 24 heavy (non-hydrogen) atoms. The van der Waals surface area contributed by atoms with Crippen molar-refractivity contribution in [1.29, 1.82) is 0 Å². The Morgan fingerprint density at radius 3 is 2.67 bits per heavy atom. The number of ether oxygens (including phenoxy) is 1. The first kappa shape index (κ1) is 18.0. The van der Waals surface area contributed by atoms with E-state index >= 15 is 0 Å². The minimum absolute atomic E-state index is 0.0828. The number of likely N-dealkylation sites (tertiary alicyclic amines) is 1. The fourth-order valence-electron chi connectivity index (χ4n) is 2.68. The number of aryl methyl sites for hydroxylation is 1. The minimum Gasteiger partial charge on any atom is -0.449 e. The van der Waals surface area contributed by atoms with Crippen molar-refractivity contribution >= 4 is 17.5 Å². The van der Waals surface area contributed by atoms with Gasteiger partial charge in [0.1, 0.15) is 5.69 Å². The lowest BCUT2D eigenvalue weighted by Crippen LogP contribution is -2.43. The number of carbonyl (C=O) groups excluding carboxylic acids is 1. The molecule has 0 bridgehead atoms. The molecule has 1 fully saturated rings. The van der Waals surface area contributed by atoms with Gasteiger partial charge in [-0.3, -0.25) is 10.1 Å². The molecule has 0 aromatic heterocycles. The molecule has 0 atom stereocenters. The number of hydrogen-bond acceptors (Lipinski definition) is 5. The maximum absolute atomic E-state index is 11.9. The molecule has 0 saturated carbocycles. The van der Waals surface area contributed by atoms with Gasteiger partial charge in [0.05, 0.1) is 11.5 Å². The van der Waals surface area contributed by atoms with Crippen LogP contribution in [-0.2, 0) is 4.74 Å². The van der Waals surface area contributed by atoms with Gasteiger partial charge in [0, 0.05) is 25.2 Å². The second-order valence-corrected chi connectivity index (χ2v) is 6.65. The molecule has 0 unspecified atom stereocenters. The molecule has 1 aliphatic rings. The summed E-state index contributed by atoms with van der Waals surface area (Å²) < 4.78 is 5.24. The van der Waals surface area contributed by atoms with Crippen molar-refractivity contribution in [2.45, 2.75) is 39.7 Å². The third kappa shape index (κ3) is 4.84. The summed E-state index contributed by atoms with van der Waals surface area (Å²) in [5, 5.41) is 14.4. The van der Waals surface area contributed by atoms with Crippen molar-refractivity contribution < 1.29 is 14.5 Å². The van der Waals surface area contributed by atoms with E-state index in [1.807, 2.05) is 20.8 Å². The Morgan fingerprint density at radius 2 is 2.08 bits per heavy atom. The lowest BCUT2D eigenvalue weighted by molar-refractivity contribution is -0.384. The van der Waals surface area contributed by atoms with Crippen LogP contribution in [0.15, 0.2) is 18.2 Å². The summed E-state index contributed by atoms with van der Waals surface area (Å²) in [6, 6.07) is 5.16. The number of piperidine rings is 1. The van der Waals surface area contributed by atoms with E-state index in [1.165, 1.54) is 6.07 Å². The lowest BCUT2D eigenvalue weighted by Gasteiger charge is -2.32. The van der Waals surface area contributed by atoms with Crippen molar-refractivity contribution in [1.82, 2.24) is 4.90 Å². The number of nitrogens with zero attached hydrogens (tertiary/aromatic N) is 2. The number of nitro groups is 1. The number of anilines is 1. The predicted molar refractivity (Wildman–Crippen MR) is 92.2 cm³/mol. The van der Waals surface area contributed by atoms with Gasteiger partial charge in [-0.25, -0.2) is 4.79 Å². The smallest absolute Gasteiger partial charge is 0.409 e. The van der Waals surface area contributed by atoms with Crippen molar-refractivity contribution in [2.75, 3.05) is 25.0 Å². The average Bonchev–Trinajstić information content (AvgIpc) is 2.53. The zero-order valence-corrected chi connectivity index (χ0v) is 14.4. The second-order valence-electron chi connectivity index (χ2n) is 6.65. The molecule has 0 radical (unpaired) electrons. The fraction of sp³-hybridized carbons (Fsp3) is 0.588. The normalized spacial score (nSPS) is 15.4. The van der Waals surface area contributed by atoms with Crippen molar-refractivity contribution in [2.24, 2.45) is 5.92 Å². The Morgan fingerprint density at radius 1 is 1.42 bits per heavy atom. The van der Waals surface area contributed by atoms with Crippen LogP contribution in [0.2, 0.25) is 0 Å². The van der Waals surface area contributed by atoms with Crippen LogP contribution in [0, 0.1) is 23.0 Å². The first-order valence-corrected chi connectivity index (χ1v) is 8.30. The number of nitrogens with one attached hydrogen (secondary N) is 1. The highest BCUT2D eigenvalue weighted by Gasteiger charge is 2.25. The molecule has 2 rings (SSSR count). The molecular formula is C17H25N3O4. The van der Waals surface area contributed by atoms with E-state index in [0.717, 1.165) is 18.4 Å². The van der Waals surface area contributed by atoms with Crippen LogP contribution in [0.1, 0.15) is 32.3 Å². The molecule has 1 amide bonds. The van der Waals surface area contributed by atoms with Crippen LogP contribution in [0.25, 0.3) is 0 Å². The fourth-order valence-corrected chi connectivity index (χ4v) is 2.68. The van der Waals surface area contributed by atoms with E-state index in [1.54, 1.807) is 17.0 Å². The van der Waals surface area contributed by atoms with Crippen LogP contribution in [-0.4, -0.2) is 41.7 Å². The first-order chi connectivity index (χ1) is 11.4. The predicted octanol–water partition coefficient (Wildman–Crippen LogP) is 3.57. The standard InChI is InChI=1S/C17H25N3O4/c1-12(2)11-24-17(21)19-8-6-14(7-9-19)18-15-10-13(3)4-5-16(15)20(22)23/h4-5,10,12,14,18H,6-9,11H2,1-3H3. The van der Waals surface area contributed by atoms with Crippen molar-refractivity contribution in [3.05, 3.63) is 33.9 Å². The summed E-state index contributed by atoms with van der Waals surface area (Å²) >= 11 is 0. The van der Waals surface area contributed by atoms with E-state index in [4.69, 9.17) is 4.74 Å². The van der Waals surface area contributed by atoms with E-state index in [-0.39, 0.29) is 22.7 Å². The Hall–Kier alpha value is -2.31. The van der Waals surface area contributed by atoms with E-state index in [2.05, 4.69) is 5.32 Å². The summed E-state index contributed by atoms with van der Waals surface area (Å²) in [7, 11) is 0. The summed E-state index contributed by atoms with van der Waals surface area (Å²) in [6.07, 6.45) is 1.20. The van der Waals surface area contributed by atoms with Gasteiger partial charge in [-0.2, -0.15) is 0 Å². The van der Waals surface area contributed by atoms with E-state index in [9.17, 15) is 14.9 Å². The van der Waals surface area contributed by atoms with Gasteiger partial charge in [-0.05, 0) is 37.3 Å². The van der Waals surface area contributed by atoms with Gasteiger partial charge < -0.3 is 15.0 Å². The molecule has 1 aromatic rings. The lowest BCUT2D eigenvalue weighted by atomic mass is 10.0. The first-order valence-electron chi connectivity index (χ1n) is 8.30. The molecule has 132 valence electrons. The highest BCUT2D eigenvalue weighted by molar-refractivity contribution is 5.68. The number of amides is 1. The molecule has 7 nitrogen and oxygen atoms in total. The molecule has 7 heteroatoms. The second kappa shape index (κ2) is 7.99. The van der Waals surface area contributed by atoms with Crippen molar-refractivity contribution in [3.63, 3.8) is 0 Å². The van der Waals surface area contributed by atoms with Gasteiger partial charge in [0.15, 0.2) is 0 Å². The van der Waals surface area contributed by atoms with Gasteiger partial charge in [-0.15, -0.1) is 0 Å². The summed E-state index contributed by atoms with van der Waals surface area (Å²) in [4.78, 5) is 24.4. The Balaban J connectivity index is 1.91. The van der Waals surface area contributed by atoms with Gasteiger partial charge in [0.25, 0.3) is 5.69 Å². The highest BCUT2D eigenvalue weighted by atomic mass is 16.6. The third-order valence-electron chi connectivity index (χ3n) is 4.00. The van der Waals surface area contributed by atoms with Crippen molar-refractivity contribution in [3.8, 4) is 0 Å². The molecule has 1 N–H and O–H groups in total. The monoisotopic (exact) mass is 335 g/mol. The number of nitro benzene ring substituents is 1. The molecule has 0 aliphatic carbocycles. The Labute approximate surface area is 142 Å².